The van der Waals surface area contributed by atoms with Gasteiger partial charge in [0.05, 0.1) is 68.2 Å². The van der Waals surface area contributed by atoms with E-state index in [0.717, 1.165) is 190 Å². The molecule has 12 aromatic carbocycles. The van der Waals surface area contributed by atoms with Crippen LogP contribution in [0.2, 0.25) is 0 Å². The monoisotopic (exact) mass is 1170 g/mol. The molecule has 0 fully saturated rings. The summed E-state index contributed by atoms with van der Waals surface area (Å²) in [5.74, 6) is -1.28. The van der Waals surface area contributed by atoms with Gasteiger partial charge in [-0.25, -0.2) is 17.6 Å². The van der Waals surface area contributed by atoms with E-state index in [0.29, 0.717) is 0 Å². The van der Waals surface area contributed by atoms with Crippen LogP contribution >= 0.6 is 0 Å². The summed E-state index contributed by atoms with van der Waals surface area (Å²) in [6, 6.07) is 52.0. The molecule has 8 heteroatoms. The van der Waals surface area contributed by atoms with E-state index < -0.39 is 0 Å². The Labute approximate surface area is 515 Å². The van der Waals surface area contributed by atoms with Crippen molar-refractivity contribution in [3.8, 4) is 0 Å². The molecule has 0 aromatic heterocycles. The minimum Gasteiger partial charge on any atom is -0.309 e. The number of hydrogen-bond donors (Lipinski definition) is 0. The van der Waals surface area contributed by atoms with Crippen molar-refractivity contribution in [1.29, 1.82) is 0 Å². The lowest BCUT2D eigenvalue weighted by atomic mass is 9.87. The van der Waals surface area contributed by atoms with Crippen molar-refractivity contribution in [2.75, 3.05) is 19.6 Å². The fourth-order valence-electron chi connectivity index (χ4n) is 14.7. The summed E-state index contributed by atoms with van der Waals surface area (Å²) in [6.07, 6.45) is 0. The maximum atomic E-state index is 15.9. The van der Waals surface area contributed by atoms with Gasteiger partial charge in [-0.3, -0.25) is 0 Å². The second kappa shape index (κ2) is 22.4. The quantitative estimate of drug-likeness (QED) is 0.0893. The molecule has 0 aliphatic carbocycles. The van der Waals surface area contributed by atoms with Crippen molar-refractivity contribution >= 4 is 101 Å². The summed E-state index contributed by atoms with van der Waals surface area (Å²) < 4.78 is 63.7. The maximum Gasteiger partial charge on any atom is 0.123 e. The highest BCUT2D eigenvalue weighted by Crippen LogP contribution is 2.58. The van der Waals surface area contributed by atoms with Gasteiger partial charge >= 0.3 is 0 Å². The summed E-state index contributed by atoms with van der Waals surface area (Å²) >= 11 is 0. The molecule has 0 atom stereocenters. The number of para-hydroxylation sites is 4. The first kappa shape index (κ1) is 59.0. The van der Waals surface area contributed by atoms with Crippen LogP contribution in [0.1, 0.15) is 89.0 Å². The summed E-state index contributed by atoms with van der Waals surface area (Å²) in [4.78, 5) is 9.40. The average Bonchev–Trinajstić information content (AvgIpc) is 0.774. The molecule has 0 amide bonds. The van der Waals surface area contributed by atoms with Gasteiger partial charge in [0.2, 0.25) is 0 Å². The van der Waals surface area contributed by atoms with Crippen LogP contribution in [0.5, 0.6) is 0 Å². The molecule has 12 aromatic rings. The first-order chi connectivity index (χ1) is 41.9. The third-order valence-electron chi connectivity index (χ3n) is 18.1. The van der Waals surface area contributed by atoms with Crippen LogP contribution in [0.15, 0.2) is 158 Å². The van der Waals surface area contributed by atoms with Crippen molar-refractivity contribution in [3.63, 3.8) is 0 Å². The predicted molar refractivity (Wildman–Crippen MR) is 365 cm³/mol. The number of halogens is 4. The second-order valence-corrected chi connectivity index (χ2v) is 24.8. The van der Waals surface area contributed by atoms with Gasteiger partial charge in [0.15, 0.2) is 0 Å². The largest absolute Gasteiger partial charge is 0.309 e. The van der Waals surface area contributed by atoms with Crippen LogP contribution in [-0.2, 0) is 0 Å². The first-order valence-corrected chi connectivity index (χ1v) is 30.3. The Morgan fingerprint density at radius 3 is 0.500 bits per heavy atom. The Balaban J connectivity index is 1.40. The molecular formula is C80H74F4N4. The van der Waals surface area contributed by atoms with E-state index in [2.05, 4.69) is 184 Å². The lowest BCUT2D eigenvalue weighted by Gasteiger charge is -2.38. The lowest BCUT2D eigenvalue weighted by molar-refractivity contribution is 0.625. The number of rotatable bonds is 12. The SMILES string of the molecule is Cc1cccc(C)c1N(c1c(C)cc(F)cc1C)c1cc(N(c2c(C)cccc2C)c2c(C)cc(F)cc2C)c2ccc3c(N(c4c(C)cccc4C)c4c(C)cc(F)cc4C)cc(N(c4c(C)cccc4C)c4c(C)cc(F)cc4C)c4ccc1c2c43. The number of aryl methyl sites for hydroxylation is 16. The van der Waals surface area contributed by atoms with E-state index in [4.69, 9.17) is 0 Å². The Kier molecular flexibility index (Phi) is 15.0. The van der Waals surface area contributed by atoms with Gasteiger partial charge in [0, 0.05) is 32.3 Å². The van der Waals surface area contributed by atoms with Gasteiger partial charge in [-0.05, 0) is 260 Å². The van der Waals surface area contributed by atoms with Crippen LogP contribution in [0.25, 0.3) is 32.3 Å². The zero-order chi connectivity index (χ0) is 62.6. The summed E-state index contributed by atoms with van der Waals surface area (Å²) in [6.45, 7) is 33.0. The van der Waals surface area contributed by atoms with Crippen LogP contribution in [0.3, 0.4) is 0 Å². The summed E-state index contributed by atoms with van der Waals surface area (Å²) in [5, 5.41) is 5.63. The third-order valence-corrected chi connectivity index (χ3v) is 18.1. The normalized spacial score (nSPS) is 11.6. The lowest BCUT2D eigenvalue weighted by Crippen LogP contribution is -2.20. The van der Waals surface area contributed by atoms with Crippen molar-refractivity contribution in [3.05, 3.63) is 270 Å². The summed E-state index contributed by atoms with van der Waals surface area (Å²) in [7, 11) is 0. The first-order valence-electron chi connectivity index (χ1n) is 30.3. The van der Waals surface area contributed by atoms with Gasteiger partial charge in [-0.1, -0.05) is 97.1 Å². The van der Waals surface area contributed by atoms with E-state index in [-0.39, 0.29) is 23.3 Å². The molecule has 12 rings (SSSR count). The van der Waals surface area contributed by atoms with Crippen molar-refractivity contribution < 1.29 is 17.6 Å². The Hall–Kier alpha value is -9.40. The van der Waals surface area contributed by atoms with E-state index in [1.165, 1.54) is 0 Å². The number of nitrogens with zero attached hydrogens (tertiary/aromatic N) is 4. The molecule has 0 aliphatic rings. The van der Waals surface area contributed by atoms with Gasteiger partial charge in [-0.15, -0.1) is 0 Å². The molecule has 0 radical (unpaired) electrons. The zero-order valence-electron chi connectivity index (χ0n) is 53.3. The fraction of sp³-hybridized carbons (Fsp3) is 0.200. The van der Waals surface area contributed by atoms with Gasteiger partial charge < -0.3 is 19.6 Å². The van der Waals surface area contributed by atoms with Gasteiger partial charge in [0.25, 0.3) is 0 Å². The third kappa shape index (κ3) is 9.69. The van der Waals surface area contributed by atoms with E-state index >= 15 is 17.6 Å². The highest BCUT2D eigenvalue weighted by Gasteiger charge is 2.34. The Morgan fingerprint density at radius 2 is 0.341 bits per heavy atom. The summed E-state index contributed by atoms with van der Waals surface area (Å²) in [5.41, 5.74) is 24.9. The molecule has 0 aliphatic heterocycles. The van der Waals surface area contributed by atoms with Crippen LogP contribution in [-0.4, -0.2) is 0 Å². The smallest absolute Gasteiger partial charge is 0.123 e. The number of benzene rings is 12. The molecule has 0 saturated heterocycles. The molecule has 4 nitrogen and oxygen atoms in total. The van der Waals surface area contributed by atoms with Crippen molar-refractivity contribution in [2.24, 2.45) is 0 Å². The molecule has 0 N–H and O–H groups in total. The minimum absolute atomic E-state index is 0.319. The molecular weight excluding hydrogens is 1090 g/mol. The maximum absolute atomic E-state index is 15.9. The fourth-order valence-corrected chi connectivity index (χ4v) is 14.7. The Morgan fingerprint density at radius 1 is 0.193 bits per heavy atom. The van der Waals surface area contributed by atoms with Crippen molar-refractivity contribution in [2.45, 2.75) is 111 Å². The number of anilines is 12. The topological polar surface area (TPSA) is 13.0 Å². The van der Waals surface area contributed by atoms with Gasteiger partial charge in [0.1, 0.15) is 23.3 Å². The predicted octanol–water partition coefficient (Wildman–Crippen LogP) is 24.0. The van der Waals surface area contributed by atoms with Gasteiger partial charge in [-0.2, -0.15) is 0 Å². The van der Waals surface area contributed by atoms with Crippen LogP contribution in [0, 0.1) is 134 Å². The number of hydrogen-bond acceptors (Lipinski definition) is 4. The molecule has 0 bridgehead atoms. The average molecular weight is 1170 g/mol. The minimum atomic E-state index is -0.319. The van der Waals surface area contributed by atoms with E-state index in [1.54, 1.807) is 48.5 Å². The van der Waals surface area contributed by atoms with E-state index in [9.17, 15) is 0 Å². The molecule has 0 heterocycles. The highest BCUT2D eigenvalue weighted by atomic mass is 19.1. The standard InChI is InChI=1S/C80H74F4N4/c1-43-21-17-22-44(2)73(43)85(77-51(9)33-59(81)34-52(77)10)67-41-68(86(74-45(3)23-18-24-46(74)4)78-53(11)35-60(82)36-54(78)12)64-31-32-66-70(88(76-49(7)27-20-28-50(76)8)80-57(15)39-62(84)40-58(80)16)42-69(65-30-29-63(67)71(64)72(65)66)87(75-47(5)25-19-26-48(75)6)79-55(13)37-61(83)38-56(79)14/h17-42H,1-16H3. The van der Waals surface area contributed by atoms with Crippen LogP contribution < -0.4 is 19.6 Å². The second-order valence-electron chi connectivity index (χ2n) is 24.8. The van der Waals surface area contributed by atoms with Crippen molar-refractivity contribution in [1.82, 2.24) is 0 Å². The Bertz CT molecular complexity index is 4070. The van der Waals surface area contributed by atoms with E-state index in [1.807, 2.05) is 55.4 Å². The molecule has 0 unspecified atom stereocenters. The molecule has 442 valence electrons. The molecule has 0 saturated carbocycles. The molecule has 0 spiro atoms. The highest BCUT2D eigenvalue weighted by molar-refractivity contribution is 6.33. The molecule has 88 heavy (non-hydrogen) atoms. The zero-order valence-corrected chi connectivity index (χ0v) is 53.3. The van der Waals surface area contributed by atoms with Crippen LogP contribution in [0.4, 0.5) is 85.8 Å².